The van der Waals surface area contributed by atoms with Gasteiger partial charge in [-0.3, -0.25) is 9.59 Å². The van der Waals surface area contributed by atoms with E-state index in [9.17, 15) is 9.59 Å². The van der Waals surface area contributed by atoms with Gasteiger partial charge in [-0.1, -0.05) is 86.5 Å². The summed E-state index contributed by atoms with van der Waals surface area (Å²) in [4.78, 5) is 23.5. The lowest BCUT2D eigenvalue weighted by molar-refractivity contribution is -0.146. The third-order valence-electron chi connectivity index (χ3n) is 5.23. The van der Waals surface area contributed by atoms with Gasteiger partial charge < -0.3 is 9.47 Å². The Hall–Kier alpha value is -1.06. The predicted octanol–water partition coefficient (Wildman–Crippen LogP) is 6.95. The molecule has 0 rings (SSSR count). The molecule has 0 amide bonds. The zero-order valence-corrected chi connectivity index (χ0v) is 20.1. The van der Waals surface area contributed by atoms with Crippen molar-refractivity contribution in [3.8, 4) is 0 Å². The van der Waals surface area contributed by atoms with Crippen LogP contribution in [0.2, 0.25) is 0 Å². The Kier molecular flexibility index (Phi) is 17.1. The van der Waals surface area contributed by atoms with Gasteiger partial charge in [0.2, 0.25) is 0 Å². The molecule has 0 aromatic rings. The van der Waals surface area contributed by atoms with E-state index in [1.807, 2.05) is 0 Å². The molecule has 0 aromatic carbocycles. The van der Waals surface area contributed by atoms with Crippen LogP contribution in [0.25, 0.3) is 0 Å². The minimum atomic E-state index is -0.0495. The van der Waals surface area contributed by atoms with Gasteiger partial charge in [0.05, 0.1) is 13.2 Å². The van der Waals surface area contributed by atoms with Crippen molar-refractivity contribution in [3.05, 3.63) is 0 Å². The van der Waals surface area contributed by atoms with E-state index >= 15 is 0 Å². The third-order valence-corrected chi connectivity index (χ3v) is 5.23. The molecule has 0 aliphatic rings. The molecule has 0 aliphatic carbocycles. The molecule has 0 fully saturated rings. The topological polar surface area (TPSA) is 52.6 Å². The first-order valence-electron chi connectivity index (χ1n) is 12.0. The lowest BCUT2D eigenvalue weighted by atomic mass is 9.87. The van der Waals surface area contributed by atoms with Gasteiger partial charge in [-0.05, 0) is 36.5 Å². The quantitative estimate of drug-likeness (QED) is 0.180. The first-order chi connectivity index (χ1) is 13.7. The second-order valence-corrected chi connectivity index (χ2v) is 9.73. The molecule has 0 spiro atoms. The molecular weight excluding hydrogens is 364 g/mol. The van der Waals surface area contributed by atoms with E-state index in [1.165, 1.54) is 38.5 Å². The van der Waals surface area contributed by atoms with Crippen molar-refractivity contribution in [2.24, 2.45) is 23.7 Å². The smallest absolute Gasteiger partial charge is 0.306 e. The Morgan fingerprint density at radius 3 is 1.55 bits per heavy atom. The summed E-state index contributed by atoms with van der Waals surface area (Å²) >= 11 is 0. The lowest BCUT2D eigenvalue weighted by Gasteiger charge is -2.20. The van der Waals surface area contributed by atoms with Crippen LogP contribution < -0.4 is 0 Å². The molecule has 0 radical (unpaired) electrons. The highest BCUT2D eigenvalue weighted by Gasteiger charge is 2.18. The molecule has 1 unspecified atom stereocenters. The fourth-order valence-corrected chi connectivity index (χ4v) is 3.27. The summed E-state index contributed by atoms with van der Waals surface area (Å²) in [6.07, 6.45) is 11.7. The molecule has 4 nitrogen and oxygen atoms in total. The molecule has 0 saturated heterocycles. The maximum Gasteiger partial charge on any atom is 0.306 e. The molecular formula is C25H48O4. The van der Waals surface area contributed by atoms with Crippen LogP contribution >= 0.6 is 0 Å². The van der Waals surface area contributed by atoms with Crippen LogP contribution in [-0.2, 0) is 19.1 Å². The van der Waals surface area contributed by atoms with Crippen LogP contribution in [0.3, 0.4) is 0 Å². The van der Waals surface area contributed by atoms with Crippen molar-refractivity contribution >= 4 is 11.9 Å². The Morgan fingerprint density at radius 1 is 0.621 bits per heavy atom. The third kappa shape index (κ3) is 18.7. The fraction of sp³-hybridized carbons (Fsp3) is 0.920. The second kappa shape index (κ2) is 17.8. The Balaban J connectivity index is 3.63. The molecule has 1 atom stereocenters. The van der Waals surface area contributed by atoms with Gasteiger partial charge in [-0.2, -0.15) is 0 Å². The summed E-state index contributed by atoms with van der Waals surface area (Å²) in [5.41, 5.74) is 0. The van der Waals surface area contributed by atoms with Crippen LogP contribution in [0.1, 0.15) is 112 Å². The van der Waals surface area contributed by atoms with Crippen LogP contribution in [0.5, 0.6) is 0 Å². The van der Waals surface area contributed by atoms with Crippen LogP contribution in [0.4, 0.5) is 0 Å². The molecule has 0 saturated carbocycles. The highest BCUT2D eigenvalue weighted by molar-refractivity contribution is 5.69. The van der Waals surface area contributed by atoms with Crippen LogP contribution in [0.15, 0.2) is 0 Å². The number of hydrogen-bond acceptors (Lipinski definition) is 4. The summed E-state index contributed by atoms with van der Waals surface area (Å²) in [5, 5.41) is 0. The van der Waals surface area contributed by atoms with E-state index in [0.717, 1.165) is 19.3 Å². The Labute approximate surface area is 180 Å². The highest BCUT2D eigenvalue weighted by Crippen LogP contribution is 2.23. The van der Waals surface area contributed by atoms with E-state index < -0.39 is 0 Å². The van der Waals surface area contributed by atoms with Gasteiger partial charge in [-0.25, -0.2) is 0 Å². The average Bonchev–Trinajstić information content (AvgIpc) is 2.64. The first kappa shape index (κ1) is 27.9. The largest absolute Gasteiger partial charge is 0.465 e. The van der Waals surface area contributed by atoms with E-state index in [4.69, 9.17) is 9.47 Å². The molecule has 0 N–H and O–H groups in total. The monoisotopic (exact) mass is 412 g/mol. The van der Waals surface area contributed by atoms with Gasteiger partial charge in [0.25, 0.3) is 0 Å². The van der Waals surface area contributed by atoms with Crippen molar-refractivity contribution in [1.29, 1.82) is 0 Å². The number of unbranched alkanes of at least 4 members (excludes halogenated alkanes) is 7. The Morgan fingerprint density at radius 2 is 1.07 bits per heavy atom. The number of carbonyl (C=O) groups is 2. The van der Waals surface area contributed by atoms with Gasteiger partial charge in [-0.15, -0.1) is 0 Å². The molecule has 0 aliphatic heterocycles. The minimum Gasteiger partial charge on any atom is -0.465 e. The average molecular weight is 413 g/mol. The molecule has 172 valence electrons. The number of carbonyl (C=O) groups excluding carboxylic acids is 2. The summed E-state index contributed by atoms with van der Waals surface area (Å²) in [6.45, 7) is 13.7. The van der Waals surface area contributed by atoms with Crippen molar-refractivity contribution in [3.63, 3.8) is 0 Å². The van der Waals surface area contributed by atoms with Gasteiger partial charge in [0.1, 0.15) is 0 Å². The van der Waals surface area contributed by atoms with Gasteiger partial charge >= 0.3 is 11.9 Å². The SMILES string of the molecule is CC(C)COC(=O)CCCCCCCCCCC(CC(=O)OCC(C)C)C(C)C. The molecule has 0 aromatic heterocycles. The number of ether oxygens (including phenoxy) is 2. The summed E-state index contributed by atoms with van der Waals surface area (Å²) in [6, 6.07) is 0. The minimum absolute atomic E-state index is 0.0366. The van der Waals surface area contributed by atoms with Crippen molar-refractivity contribution < 1.29 is 19.1 Å². The van der Waals surface area contributed by atoms with Crippen molar-refractivity contribution in [1.82, 2.24) is 0 Å². The summed E-state index contributed by atoms with van der Waals surface area (Å²) in [7, 11) is 0. The predicted molar refractivity (Wildman–Crippen MR) is 121 cm³/mol. The molecule has 4 heteroatoms. The van der Waals surface area contributed by atoms with E-state index in [0.29, 0.717) is 49.7 Å². The number of hydrogen-bond donors (Lipinski definition) is 0. The van der Waals surface area contributed by atoms with Gasteiger partial charge in [0.15, 0.2) is 0 Å². The standard InChI is InChI=1S/C25H48O4/c1-20(2)18-28-24(26)16-14-12-10-8-7-9-11-13-15-23(22(5)6)17-25(27)29-19-21(3)4/h20-23H,7-19H2,1-6H3. The van der Waals surface area contributed by atoms with E-state index in [-0.39, 0.29) is 11.9 Å². The first-order valence-corrected chi connectivity index (χ1v) is 12.0. The lowest BCUT2D eigenvalue weighted by Crippen LogP contribution is -2.18. The Bertz CT molecular complexity index is 415. The normalized spacial score (nSPS) is 12.6. The maximum atomic E-state index is 12.0. The number of esters is 2. The van der Waals surface area contributed by atoms with Gasteiger partial charge in [0, 0.05) is 12.8 Å². The summed E-state index contributed by atoms with van der Waals surface area (Å²) in [5.74, 6) is 1.68. The summed E-state index contributed by atoms with van der Waals surface area (Å²) < 4.78 is 10.5. The van der Waals surface area contributed by atoms with Crippen LogP contribution in [0, 0.1) is 23.7 Å². The van der Waals surface area contributed by atoms with Crippen LogP contribution in [-0.4, -0.2) is 25.2 Å². The maximum absolute atomic E-state index is 12.0. The molecule has 0 heterocycles. The zero-order chi connectivity index (χ0) is 22.1. The number of rotatable bonds is 18. The molecule has 29 heavy (non-hydrogen) atoms. The molecule has 0 bridgehead atoms. The highest BCUT2D eigenvalue weighted by atomic mass is 16.5. The van der Waals surface area contributed by atoms with Crippen molar-refractivity contribution in [2.75, 3.05) is 13.2 Å². The second-order valence-electron chi connectivity index (χ2n) is 9.73. The zero-order valence-electron chi connectivity index (χ0n) is 20.1. The van der Waals surface area contributed by atoms with Crippen molar-refractivity contribution in [2.45, 2.75) is 112 Å². The van der Waals surface area contributed by atoms with E-state index in [2.05, 4.69) is 41.5 Å². The fourth-order valence-electron chi connectivity index (χ4n) is 3.27. The van der Waals surface area contributed by atoms with E-state index in [1.54, 1.807) is 0 Å².